The van der Waals surface area contributed by atoms with Gasteiger partial charge in [0.15, 0.2) is 11.5 Å². The van der Waals surface area contributed by atoms with Crippen molar-refractivity contribution in [3.05, 3.63) is 23.8 Å². The first-order chi connectivity index (χ1) is 10.5. The number of esters is 2. The van der Waals surface area contributed by atoms with Crippen molar-refractivity contribution in [3.8, 4) is 11.5 Å². The fourth-order valence-corrected chi connectivity index (χ4v) is 2.07. The SMILES string of the molecule is CCCC(=O)Oc1ccc(CC(C)C)cc1OC(=O)CCC. The molecule has 0 bridgehead atoms. The molecule has 0 unspecified atom stereocenters. The smallest absolute Gasteiger partial charge is 0.311 e. The van der Waals surface area contributed by atoms with E-state index >= 15 is 0 Å². The molecule has 0 aliphatic rings. The molecule has 0 radical (unpaired) electrons. The number of rotatable bonds is 8. The van der Waals surface area contributed by atoms with Gasteiger partial charge in [0.2, 0.25) is 0 Å². The molecule has 0 heterocycles. The maximum Gasteiger partial charge on any atom is 0.311 e. The molecule has 1 aromatic rings. The van der Waals surface area contributed by atoms with Crippen LogP contribution in [0.15, 0.2) is 18.2 Å². The van der Waals surface area contributed by atoms with Gasteiger partial charge < -0.3 is 9.47 Å². The molecule has 0 fully saturated rings. The third-order valence-electron chi connectivity index (χ3n) is 3.01. The van der Waals surface area contributed by atoms with Crippen molar-refractivity contribution in [2.45, 2.75) is 59.8 Å². The molecule has 0 amide bonds. The summed E-state index contributed by atoms with van der Waals surface area (Å²) in [4.78, 5) is 23.4. The van der Waals surface area contributed by atoms with Crippen LogP contribution in [0, 0.1) is 5.92 Å². The van der Waals surface area contributed by atoms with E-state index in [0.717, 1.165) is 24.8 Å². The van der Waals surface area contributed by atoms with Crippen molar-refractivity contribution in [2.75, 3.05) is 0 Å². The molecule has 0 N–H and O–H groups in total. The highest BCUT2D eigenvalue weighted by molar-refractivity contribution is 5.76. The molecule has 22 heavy (non-hydrogen) atoms. The van der Waals surface area contributed by atoms with E-state index in [1.165, 1.54) is 0 Å². The molecule has 0 atom stereocenters. The molecule has 4 heteroatoms. The normalized spacial score (nSPS) is 10.6. The second kappa shape index (κ2) is 9.23. The lowest BCUT2D eigenvalue weighted by molar-refractivity contribution is -0.137. The molecular formula is C18H26O4. The lowest BCUT2D eigenvalue weighted by Crippen LogP contribution is -2.12. The van der Waals surface area contributed by atoms with Gasteiger partial charge in [0.05, 0.1) is 0 Å². The van der Waals surface area contributed by atoms with Crippen LogP contribution in [0.3, 0.4) is 0 Å². The Morgan fingerprint density at radius 1 is 0.955 bits per heavy atom. The second-order valence-electron chi connectivity index (χ2n) is 5.83. The van der Waals surface area contributed by atoms with Crippen LogP contribution in [0.2, 0.25) is 0 Å². The Labute approximate surface area is 132 Å². The highest BCUT2D eigenvalue weighted by Gasteiger charge is 2.14. The fourth-order valence-electron chi connectivity index (χ4n) is 2.07. The summed E-state index contributed by atoms with van der Waals surface area (Å²) in [7, 11) is 0. The molecule has 0 aliphatic heterocycles. The lowest BCUT2D eigenvalue weighted by Gasteiger charge is -2.13. The standard InChI is InChI=1S/C18H26O4/c1-5-7-17(19)21-15-10-9-14(11-13(3)4)12-16(15)22-18(20)8-6-2/h9-10,12-13H,5-8,11H2,1-4H3. The van der Waals surface area contributed by atoms with Gasteiger partial charge in [0.1, 0.15) is 0 Å². The summed E-state index contributed by atoms with van der Waals surface area (Å²) >= 11 is 0. The molecular weight excluding hydrogens is 280 g/mol. The third kappa shape index (κ3) is 6.29. The Morgan fingerprint density at radius 3 is 2.00 bits per heavy atom. The summed E-state index contributed by atoms with van der Waals surface area (Å²) in [5.74, 6) is 0.521. The summed E-state index contributed by atoms with van der Waals surface area (Å²) in [5, 5.41) is 0. The predicted molar refractivity (Wildman–Crippen MR) is 86.1 cm³/mol. The zero-order valence-electron chi connectivity index (χ0n) is 14.0. The minimum absolute atomic E-state index is 0.308. The van der Waals surface area contributed by atoms with Gasteiger partial charge >= 0.3 is 11.9 Å². The van der Waals surface area contributed by atoms with Crippen LogP contribution in [0.5, 0.6) is 11.5 Å². The Kier molecular flexibility index (Phi) is 7.64. The van der Waals surface area contributed by atoms with E-state index in [9.17, 15) is 9.59 Å². The van der Waals surface area contributed by atoms with E-state index in [0.29, 0.717) is 30.3 Å². The van der Waals surface area contributed by atoms with Crippen molar-refractivity contribution in [3.63, 3.8) is 0 Å². The van der Waals surface area contributed by atoms with Gasteiger partial charge in [-0.2, -0.15) is 0 Å². The van der Waals surface area contributed by atoms with Crippen molar-refractivity contribution < 1.29 is 19.1 Å². The minimum Gasteiger partial charge on any atom is -0.423 e. The molecule has 0 aromatic heterocycles. The van der Waals surface area contributed by atoms with Crippen molar-refractivity contribution in [1.82, 2.24) is 0 Å². The van der Waals surface area contributed by atoms with Crippen molar-refractivity contribution in [2.24, 2.45) is 5.92 Å². The van der Waals surface area contributed by atoms with E-state index in [2.05, 4.69) is 13.8 Å². The van der Waals surface area contributed by atoms with Gasteiger partial charge in [0, 0.05) is 12.8 Å². The van der Waals surface area contributed by atoms with Crippen LogP contribution in [0.1, 0.15) is 58.9 Å². The second-order valence-corrected chi connectivity index (χ2v) is 5.83. The molecule has 1 aromatic carbocycles. The van der Waals surface area contributed by atoms with Gasteiger partial charge in [-0.15, -0.1) is 0 Å². The zero-order valence-corrected chi connectivity index (χ0v) is 14.0. The first kappa shape index (κ1) is 18.2. The van der Waals surface area contributed by atoms with Gasteiger partial charge in [-0.3, -0.25) is 9.59 Å². The molecule has 0 aliphatic carbocycles. The van der Waals surface area contributed by atoms with Gasteiger partial charge in [-0.25, -0.2) is 0 Å². The number of hydrogen-bond acceptors (Lipinski definition) is 4. The maximum absolute atomic E-state index is 11.7. The molecule has 0 saturated heterocycles. The largest absolute Gasteiger partial charge is 0.423 e. The molecule has 4 nitrogen and oxygen atoms in total. The highest BCUT2D eigenvalue weighted by Crippen LogP contribution is 2.30. The first-order valence-electron chi connectivity index (χ1n) is 8.00. The topological polar surface area (TPSA) is 52.6 Å². The first-order valence-corrected chi connectivity index (χ1v) is 8.00. The van der Waals surface area contributed by atoms with Gasteiger partial charge in [-0.1, -0.05) is 33.8 Å². The quantitative estimate of drug-likeness (QED) is 0.531. The Morgan fingerprint density at radius 2 is 1.50 bits per heavy atom. The summed E-state index contributed by atoms with van der Waals surface area (Å²) in [6.45, 7) is 8.07. The summed E-state index contributed by atoms with van der Waals surface area (Å²) in [6, 6.07) is 5.41. The average molecular weight is 306 g/mol. The number of carbonyl (C=O) groups is 2. The van der Waals surface area contributed by atoms with Crippen molar-refractivity contribution >= 4 is 11.9 Å². The molecule has 0 saturated carbocycles. The van der Waals surface area contributed by atoms with Crippen molar-refractivity contribution in [1.29, 1.82) is 0 Å². The number of ether oxygens (including phenoxy) is 2. The predicted octanol–water partition coefficient (Wildman–Crippen LogP) is 4.30. The van der Waals surface area contributed by atoms with E-state index in [4.69, 9.17) is 9.47 Å². The van der Waals surface area contributed by atoms with Crippen LogP contribution in [-0.2, 0) is 16.0 Å². The average Bonchev–Trinajstić information content (AvgIpc) is 2.41. The summed E-state index contributed by atoms with van der Waals surface area (Å²) < 4.78 is 10.7. The van der Waals surface area contributed by atoms with Crippen LogP contribution in [0.25, 0.3) is 0 Å². The van der Waals surface area contributed by atoms with E-state index in [1.54, 1.807) is 12.1 Å². The van der Waals surface area contributed by atoms with Crippen LogP contribution in [0.4, 0.5) is 0 Å². The summed E-state index contributed by atoms with van der Waals surface area (Å²) in [6.07, 6.45) is 3.00. The number of benzene rings is 1. The van der Waals surface area contributed by atoms with E-state index in [1.807, 2.05) is 19.9 Å². The zero-order chi connectivity index (χ0) is 16.5. The van der Waals surface area contributed by atoms with E-state index < -0.39 is 0 Å². The third-order valence-corrected chi connectivity index (χ3v) is 3.01. The van der Waals surface area contributed by atoms with Gasteiger partial charge in [-0.05, 0) is 42.9 Å². The molecule has 0 spiro atoms. The van der Waals surface area contributed by atoms with Crippen LogP contribution < -0.4 is 9.47 Å². The molecule has 1 rings (SSSR count). The van der Waals surface area contributed by atoms with Gasteiger partial charge in [0.25, 0.3) is 0 Å². The minimum atomic E-state index is -0.313. The number of carbonyl (C=O) groups excluding carboxylic acids is 2. The Hall–Kier alpha value is -1.84. The fraction of sp³-hybridized carbons (Fsp3) is 0.556. The molecule has 122 valence electrons. The van der Waals surface area contributed by atoms with E-state index in [-0.39, 0.29) is 11.9 Å². The highest BCUT2D eigenvalue weighted by atomic mass is 16.6. The lowest BCUT2D eigenvalue weighted by atomic mass is 10.0. The maximum atomic E-state index is 11.7. The van der Waals surface area contributed by atoms with Crippen LogP contribution in [-0.4, -0.2) is 11.9 Å². The summed E-state index contributed by atoms with van der Waals surface area (Å²) in [5.41, 5.74) is 1.06. The monoisotopic (exact) mass is 306 g/mol. The van der Waals surface area contributed by atoms with Crippen LogP contribution >= 0.6 is 0 Å². The Balaban J connectivity index is 2.97. The Bertz CT molecular complexity index is 506. The number of hydrogen-bond donors (Lipinski definition) is 0.